The summed E-state index contributed by atoms with van der Waals surface area (Å²) in [6.45, 7) is -0.0684. The van der Waals surface area contributed by atoms with Crippen molar-refractivity contribution in [3.8, 4) is 5.75 Å². The van der Waals surface area contributed by atoms with Gasteiger partial charge in [-0.2, -0.15) is 0 Å². The Morgan fingerprint density at radius 3 is 2.87 bits per heavy atom. The SMILES string of the molecule is O=S1(=O)C=CN=C1COc1cccnc1. The minimum absolute atomic E-state index is 0.0198. The predicted octanol–water partition coefficient (Wildman–Crippen LogP) is 0.759. The van der Waals surface area contributed by atoms with E-state index in [2.05, 4.69) is 9.98 Å². The van der Waals surface area contributed by atoms with Gasteiger partial charge in [-0.25, -0.2) is 13.4 Å². The Labute approximate surface area is 87.0 Å². The van der Waals surface area contributed by atoms with Gasteiger partial charge in [0.15, 0.2) is 5.04 Å². The Morgan fingerprint density at radius 1 is 1.40 bits per heavy atom. The van der Waals surface area contributed by atoms with Crippen molar-refractivity contribution in [2.75, 3.05) is 6.61 Å². The summed E-state index contributed by atoms with van der Waals surface area (Å²) in [4.78, 5) is 7.54. The summed E-state index contributed by atoms with van der Waals surface area (Å²) in [5.74, 6) is 0.516. The smallest absolute Gasteiger partial charge is 0.218 e. The van der Waals surface area contributed by atoms with E-state index in [1.165, 1.54) is 12.4 Å². The summed E-state index contributed by atoms with van der Waals surface area (Å²) in [5.41, 5.74) is 0. The van der Waals surface area contributed by atoms with E-state index >= 15 is 0 Å². The molecular formula is C9H8N2O3S. The van der Waals surface area contributed by atoms with E-state index in [0.717, 1.165) is 5.41 Å². The van der Waals surface area contributed by atoms with Crippen molar-refractivity contribution >= 4 is 14.9 Å². The van der Waals surface area contributed by atoms with E-state index in [1.54, 1.807) is 18.3 Å². The van der Waals surface area contributed by atoms with E-state index in [9.17, 15) is 8.42 Å². The Morgan fingerprint density at radius 2 is 2.27 bits per heavy atom. The molecule has 0 unspecified atom stereocenters. The first-order valence-corrected chi connectivity index (χ1v) is 5.74. The fourth-order valence-corrected chi connectivity index (χ4v) is 1.85. The van der Waals surface area contributed by atoms with Gasteiger partial charge >= 0.3 is 0 Å². The lowest BCUT2D eigenvalue weighted by molar-refractivity contribution is 0.377. The summed E-state index contributed by atoms with van der Waals surface area (Å²) >= 11 is 0. The largest absolute Gasteiger partial charge is 0.485 e. The fraction of sp³-hybridized carbons (Fsp3) is 0.111. The van der Waals surface area contributed by atoms with Crippen molar-refractivity contribution < 1.29 is 13.2 Å². The zero-order valence-electron chi connectivity index (χ0n) is 7.70. The van der Waals surface area contributed by atoms with Gasteiger partial charge in [0.05, 0.1) is 11.6 Å². The lowest BCUT2D eigenvalue weighted by Crippen LogP contribution is -2.17. The highest BCUT2D eigenvalue weighted by atomic mass is 32.2. The number of aromatic nitrogens is 1. The third-order valence-electron chi connectivity index (χ3n) is 1.78. The molecular weight excluding hydrogens is 216 g/mol. The van der Waals surface area contributed by atoms with Crippen LogP contribution in [0.5, 0.6) is 5.75 Å². The zero-order valence-corrected chi connectivity index (χ0v) is 8.52. The number of ether oxygens (including phenoxy) is 1. The van der Waals surface area contributed by atoms with Crippen molar-refractivity contribution in [3.63, 3.8) is 0 Å². The van der Waals surface area contributed by atoms with Crippen molar-refractivity contribution in [2.24, 2.45) is 4.99 Å². The summed E-state index contributed by atoms with van der Waals surface area (Å²) in [6, 6.07) is 3.40. The van der Waals surface area contributed by atoms with Crippen LogP contribution in [0.4, 0.5) is 0 Å². The summed E-state index contributed by atoms with van der Waals surface area (Å²) < 4.78 is 27.8. The maximum Gasteiger partial charge on any atom is 0.218 e. The van der Waals surface area contributed by atoms with Gasteiger partial charge in [-0.15, -0.1) is 0 Å². The van der Waals surface area contributed by atoms with Crippen LogP contribution in [0.25, 0.3) is 0 Å². The topological polar surface area (TPSA) is 68.6 Å². The van der Waals surface area contributed by atoms with E-state index in [1.807, 2.05) is 0 Å². The van der Waals surface area contributed by atoms with E-state index in [0.29, 0.717) is 5.75 Å². The molecule has 1 aliphatic rings. The second-order valence-corrected chi connectivity index (χ2v) is 4.66. The van der Waals surface area contributed by atoms with Crippen LogP contribution in [-0.2, 0) is 9.84 Å². The molecule has 0 amide bonds. The van der Waals surface area contributed by atoms with Crippen molar-refractivity contribution in [3.05, 3.63) is 36.1 Å². The van der Waals surface area contributed by atoms with Gasteiger partial charge in [0.25, 0.3) is 0 Å². The van der Waals surface area contributed by atoms with Gasteiger partial charge in [0.1, 0.15) is 12.4 Å². The van der Waals surface area contributed by atoms with Gasteiger partial charge in [-0.3, -0.25) is 4.98 Å². The highest BCUT2D eigenvalue weighted by Gasteiger charge is 2.20. The second-order valence-electron chi connectivity index (χ2n) is 2.83. The third kappa shape index (κ3) is 2.21. The van der Waals surface area contributed by atoms with Crippen LogP contribution in [0.1, 0.15) is 0 Å². The molecule has 0 atom stereocenters. The van der Waals surface area contributed by atoms with E-state index in [-0.39, 0.29) is 11.7 Å². The molecule has 0 bridgehead atoms. The molecule has 0 N–H and O–H groups in total. The van der Waals surface area contributed by atoms with Gasteiger partial charge in [-0.1, -0.05) is 0 Å². The molecule has 0 aliphatic carbocycles. The van der Waals surface area contributed by atoms with Crippen LogP contribution < -0.4 is 4.74 Å². The molecule has 1 aliphatic heterocycles. The highest BCUT2D eigenvalue weighted by Crippen LogP contribution is 2.10. The van der Waals surface area contributed by atoms with Gasteiger partial charge < -0.3 is 4.74 Å². The number of rotatable bonds is 3. The molecule has 2 rings (SSSR count). The molecule has 6 heteroatoms. The molecule has 1 aromatic rings. The van der Waals surface area contributed by atoms with Crippen molar-refractivity contribution in [1.29, 1.82) is 0 Å². The zero-order chi connectivity index (χ0) is 10.7. The average molecular weight is 224 g/mol. The Kier molecular flexibility index (Phi) is 2.51. The summed E-state index contributed by atoms with van der Waals surface area (Å²) in [5, 5.41) is 1.07. The number of nitrogens with zero attached hydrogens (tertiary/aromatic N) is 2. The number of hydrogen-bond donors (Lipinski definition) is 0. The van der Waals surface area contributed by atoms with E-state index < -0.39 is 9.84 Å². The van der Waals surface area contributed by atoms with Crippen LogP contribution in [0.3, 0.4) is 0 Å². The number of aliphatic imine (C=N–C) groups is 1. The third-order valence-corrected chi connectivity index (χ3v) is 3.14. The van der Waals surface area contributed by atoms with Crippen LogP contribution in [0.15, 0.2) is 41.1 Å². The molecule has 2 heterocycles. The number of hydrogen-bond acceptors (Lipinski definition) is 5. The minimum atomic E-state index is -3.33. The first-order chi connectivity index (χ1) is 7.18. The van der Waals surface area contributed by atoms with Crippen LogP contribution in [0.2, 0.25) is 0 Å². The van der Waals surface area contributed by atoms with Gasteiger partial charge in [0.2, 0.25) is 9.84 Å². The Hall–Kier alpha value is -1.69. The second kappa shape index (κ2) is 3.82. The standard InChI is InChI=1S/C9H8N2O3S/c12-15(13)5-4-11-9(15)7-14-8-2-1-3-10-6-8/h1-6H,7H2. The number of pyridine rings is 1. The molecule has 0 radical (unpaired) electrons. The first kappa shape index (κ1) is 9.85. The molecule has 0 spiro atoms. The lowest BCUT2D eigenvalue weighted by Gasteiger charge is -2.04. The maximum absolute atomic E-state index is 11.3. The summed E-state index contributed by atoms with van der Waals surface area (Å²) in [6.07, 6.45) is 4.37. The molecule has 0 aromatic carbocycles. The molecule has 0 saturated carbocycles. The maximum atomic E-state index is 11.3. The molecule has 0 fully saturated rings. The Balaban J connectivity index is 2.02. The minimum Gasteiger partial charge on any atom is -0.485 e. The molecule has 5 nitrogen and oxygen atoms in total. The normalized spacial score (nSPS) is 17.5. The van der Waals surface area contributed by atoms with Crippen LogP contribution >= 0.6 is 0 Å². The molecule has 15 heavy (non-hydrogen) atoms. The average Bonchev–Trinajstić information content (AvgIpc) is 2.56. The van der Waals surface area contributed by atoms with Gasteiger partial charge in [0, 0.05) is 12.4 Å². The lowest BCUT2D eigenvalue weighted by atomic mass is 10.5. The van der Waals surface area contributed by atoms with Crippen LogP contribution in [-0.4, -0.2) is 25.1 Å². The van der Waals surface area contributed by atoms with Gasteiger partial charge in [-0.05, 0) is 12.1 Å². The Bertz CT molecular complexity index is 505. The monoisotopic (exact) mass is 224 g/mol. The quantitative estimate of drug-likeness (QED) is 0.760. The molecule has 1 aromatic heterocycles. The highest BCUT2D eigenvalue weighted by molar-refractivity contribution is 8.09. The van der Waals surface area contributed by atoms with Crippen molar-refractivity contribution in [1.82, 2.24) is 4.98 Å². The van der Waals surface area contributed by atoms with Crippen molar-refractivity contribution in [2.45, 2.75) is 0 Å². The first-order valence-electron chi connectivity index (χ1n) is 4.20. The predicted molar refractivity (Wildman–Crippen MR) is 55.2 cm³/mol. The van der Waals surface area contributed by atoms with Crippen LogP contribution in [0, 0.1) is 0 Å². The molecule has 0 saturated heterocycles. The van der Waals surface area contributed by atoms with E-state index in [4.69, 9.17) is 4.74 Å². The molecule has 78 valence electrons. The number of sulfone groups is 1. The summed E-state index contributed by atoms with van der Waals surface area (Å²) in [7, 11) is -3.33. The fourth-order valence-electron chi connectivity index (χ4n) is 1.04.